The molecule has 1 aromatic carbocycles. The predicted octanol–water partition coefficient (Wildman–Crippen LogP) is 3.10. The van der Waals surface area contributed by atoms with Crippen LogP contribution in [0, 0.1) is 0 Å². The summed E-state index contributed by atoms with van der Waals surface area (Å²) in [6, 6.07) is 7.05. The molecule has 5 nitrogen and oxygen atoms in total. The number of hydrogen-bond donors (Lipinski definition) is 1. The molecule has 2 rings (SSSR count). The Hall–Kier alpha value is -1.75. The molecule has 1 aliphatic rings. The fraction of sp³-hybridized carbons (Fsp3) is 0.529. The molecule has 0 bridgehead atoms. The van der Waals surface area contributed by atoms with Crippen molar-refractivity contribution in [3.05, 3.63) is 29.3 Å². The summed E-state index contributed by atoms with van der Waals surface area (Å²) >= 11 is 5.92. The molecule has 23 heavy (non-hydrogen) atoms. The second-order valence-electron chi connectivity index (χ2n) is 5.64. The van der Waals surface area contributed by atoms with Gasteiger partial charge in [0.25, 0.3) is 5.91 Å². The van der Waals surface area contributed by atoms with Crippen LogP contribution in [-0.2, 0) is 14.3 Å². The summed E-state index contributed by atoms with van der Waals surface area (Å²) in [4.78, 5) is 23.4. The van der Waals surface area contributed by atoms with Gasteiger partial charge in [-0.25, -0.2) is 4.79 Å². The van der Waals surface area contributed by atoms with Crippen LogP contribution in [0.5, 0.6) is 5.75 Å². The van der Waals surface area contributed by atoms with Gasteiger partial charge in [-0.05, 0) is 25.0 Å². The normalized spacial score (nSPS) is 15.5. The van der Waals surface area contributed by atoms with Gasteiger partial charge in [0.05, 0.1) is 5.02 Å². The Morgan fingerprint density at radius 2 is 1.78 bits per heavy atom. The zero-order valence-corrected chi connectivity index (χ0v) is 13.8. The van der Waals surface area contributed by atoms with Crippen molar-refractivity contribution < 1.29 is 19.1 Å². The van der Waals surface area contributed by atoms with Crippen LogP contribution in [0.1, 0.15) is 38.5 Å². The van der Waals surface area contributed by atoms with Crippen LogP contribution in [-0.4, -0.2) is 31.1 Å². The summed E-state index contributed by atoms with van der Waals surface area (Å²) in [6.07, 6.45) is 6.71. The Kier molecular flexibility index (Phi) is 7.20. The summed E-state index contributed by atoms with van der Waals surface area (Å²) in [5.41, 5.74) is 0. The number of benzene rings is 1. The lowest BCUT2D eigenvalue weighted by atomic mass is 10.1. The van der Waals surface area contributed by atoms with Crippen molar-refractivity contribution in [2.45, 2.75) is 44.6 Å². The highest BCUT2D eigenvalue weighted by Gasteiger charge is 2.16. The molecular weight excluding hydrogens is 318 g/mol. The van der Waals surface area contributed by atoms with E-state index in [9.17, 15) is 9.59 Å². The molecular formula is C17H22ClNO4. The molecule has 1 fully saturated rings. The molecule has 0 spiro atoms. The second kappa shape index (κ2) is 9.40. The summed E-state index contributed by atoms with van der Waals surface area (Å²) in [6.45, 7) is -0.554. The average molecular weight is 340 g/mol. The van der Waals surface area contributed by atoms with E-state index in [2.05, 4.69) is 5.32 Å². The Morgan fingerprint density at radius 3 is 2.48 bits per heavy atom. The molecule has 0 aliphatic heterocycles. The van der Waals surface area contributed by atoms with E-state index < -0.39 is 5.97 Å². The zero-order valence-electron chi connectivity index (χ0n) is 13.1. The van der Waals surface area contributed by atoms with E-state index in [-0.39, 0.29) is 25.2 Å². The number of halogens is 1. The van der Waals surface area contributed by atoms with Crippen LogP contribution < -0.4 is 10.1 Å². The van der Waals surface area contributed by atoms with Gasteiger partial charge in [0, 0.05) is 6.04 Å². The first-order valence-corrected chi connectivity index (χ1v) is 8.35. The molecule has 126 valence electrons. The number of esters is 1. The van der Waals surface area contributed by atoms with Gasteiger partial charge in [0.15, 0.2) is 13.2 Å². The first-order chi connectivity index (χ1) is 11.1. The standard InChI is InChI=1S/C17H22ClNO4/c18-14-9-5-6-10-15(14)22-12-17(21)23-11-16(20)19-13-7-3-1-2-4-8-13/h5-6,9-10,13H,1-4,7-8,11-12H2,(H,19,20). The molecule has 0 saturated heterocycles. The average Bonchev–Trinajstić information content (AvgIpc) is 2.81. The molecule has 1 amide bonds. The highest BCUT2D eigenvalue weighted by molar-refractivity contribution is 6.32. The number of carbonyl (C=O) groups is 2. The first kappa shape index (κ1) is 17.6. The maximum Gasteiger partial charge on any atom is 0.344 e. The van der Waals surface area contributed by atoms with E-state index in [0.29, 0.717) is 10.8 Å². The van der Waals surface area contributed by atoms with Gasteiger partial charge >= 0.3 is 5.97 Å². The fourth-order valence-electron chi connectivity index (χ4n) is 2.58. The van der Waals surface area contributed by atoms with Gasteiger partial charge in [-0.1, -0.05) is 49.4 Å². The number of carbonyl (C=O) groups excluding carboxylic acids is 2. The highest BCUT2D eigenvalue weighted by Crippen LogP contribution is 2.22. The number of hydrogen-bond acceptors (Lipinski definition) is 4. The van der Waals surface area contributed by atoms with Crippen molar-refractivity contribution in [2.24, 2.45) is 0 Å². The van der Waals surface area contributed by atoms with E-state index in [1.807, 2.05) is 0 Å². The summed E-state index contributed by atoms with van der Waals surface area (Å²) in [5.74, 6) is -0.446. The van der Waals surface area contributed by atoms with Crippen LogP contribution in [0.25, 0.3) is 0 Å². The molecule has 0 heterocycles. The van der Waals surface area contributed by atoms with Crippen LogP contribution >= 0.6 is 11.6 Å². The number of para-hydroxylation sites is 1. The molecule has 1 N–H and O–H groups in total. The third-order valence-corrected chi connectivity index (χ3v) is 4.08. The Bertz CT molecular complexity index is 527. The molecule has 6 heteroatoms. The van der Waals surface area contributed by atoms with E-state index in [1.165, 1.54) is 12.8 Å². The van der Waals surface area contributed by atoms with Crippen LogP contribution in [0.3, 0.4) is 0 Å². The lowest BCUT2D eigenvalue weighted by Gasteiger charge is -2.16. The van der Waals surface area contributed by atoms with Gasteiger partial charge in [-0.2, -0.15) is 0 Å². The van der Waals surface area contributed by atoms with Gasteiger partial charge in [0.1, 0.15) is 5.75 Å². The Morgan fingerprint density at radius 1 is 1.09 bits per heavy atom. The predicted molar refractivity (Wildman–Crippen MR) is 87.5 cm³/mol. The largest absolute Gasteiger partial charge is 0.480 e. The zero-order chi connectivity index (χ0) is 16.5. The molecule has 1 aromatic rings. The monoisotopic (exact) mass is 339 g/mol. The number of ether oxygens (including phenoxy) is 2. The summed E-state index contributed by atoms with van der Waals surface area (Å²) < 4.78 is 10.2. The van der Waals surface area contributed by atoms with Crippen molar-refractivity contribution in [3.8, 4) is 5.75 Å². The summed E-state index contributed by atoms with van der Waals surface area (Å²) in [7, 11) is 0. The van der Waals surface area contributed by atoms with Crippen molar-refractivity contribution in [3.63, 3.8) is 0 Å². The van der Waals surface area contributed by atoms with E-state index >= 15 is 0 Å². The number of amides is 1. The van der Waals surface area contributed by atoms with E-state index in [0.717, 1.165) is 25.7 Å². The first-order valence-electron chi connectivity index (χ1n) is 7.97. The maximum absolute atomic E-state index is 11.8. The van der Waals surface area contributed by atoms with E-state index in [1.54, 1.807) is 24.3 Å². The molecule has 1 saturated carbocycles. The molecule has 1 aliphatic carbocycles. The van der Waals surface area contributed by atoms with Crippen molar-refractivity contribution in [2.75, 3.05) is 13.2 Å². The SMILES string of the molecule is O=C(COC(=O)COc1ccccc1Cl)NC1CCCCCC1. The molecule has 0 aromatic heterocycles. The number of rotatable bonds is 6. The maximum atomic E-state index is 11.8. The van der Waals surface area contributed by atoms with Gasteiger partial charge in [-0.15, -0.1) is 0 Å². The smallest absolute Gasteiger partial charge is 0.344 e. The minimum absolute atomic E-state index is 0.197. The quantitative estimate of drug-likeness (QED) is 0.639. The van der Waals surface area contributed by atoms with Gasteiger partial charge in [0.2, 0.25) is 0 Å². The van der Waals surface area contributed by atoms with Crippen LogP contribution in [0.4, 0.5) is 0 Å². The van der Waals surface area contributed by atoms with Crippen LogP contribution in [0.15, 0.2) is 24.3 Å². The fourth-order valence-corrected chi connectivity index (χ4v) is 2.77. The Labute approximate surface area is 141 Å². The minimum Gasteiger partial charge on any atom is -0.480 e. The molecule has 0 radical (unpaired) electrons. The molecule has 0 atom stereocenters. The van der Waals surface area contributed by atoms with Gasteiger partial charge in [-0.3, -0.25) is 4.79 Å². The van der Waals surface area contributed by atoms with E-state index in [4.69, 9.17) is 21.1 Å². The highest BCUT2D eigenvalue weighted by atomic mass is 35.5. The van der Waals surface area contributed by atoms with Crippen LogP contribution in [0.2, 0.25) is 5.02 Å². The van der Waals surface area contributed by atoms with Gasteiger partial charge < -0.3 is 14.8 Å². The van der Waals surface area contributed by atoms with Crippen molar-refractivity contribution >= 4 is 23.5 Å². The number of nitrogens with one attached hydrogen (secondary N) is 1. The van der Waals surface area contributed by atoms with Crippen molar-refractivity contribution in [1.82, 2.24) is 5.32 Å². The van der Waals surface area contributed by atoms with Crippen molar-refractivity contribution in [1.29, 1.82) is 0 Å². The second-order valence-corrected chi connectivity index (χ2v) is 6.04. The third kappa shape index (κ3) is 6.48. The third-order valence-electron chi connectivity index (χ3n) is 3.77. The Balaban J connectivity index is 1.65. The lowest BCUT2D eigenvalue weighted by molar-refractivity contribution is -0.150. The lowest BCUT2D eigenvalue weighted by Crippen LogP contribution is -2.37. The minimum atomic E-state index is -0.596. The summed E-state index contributed by atoms with van der Waals surface area (Å²) in [5, 5.41) is 3.34. The topological polar surface area (TPSA) is 64.6 Å². The molecule has 0 unspecified atom stereocenters.